The molecule has 1 aliphatic carbocycles. The first kappa shape index (κ1) is 9.44. The third-order valence-corrected chi connectivity index (χ3v) is 3.43. The summed E-state index contributed by atoms with van der Waals surface area (Å²) in [6.07, 6.45) is 3.19. The molecule has 0 amide bonds. The zero-order valence-corrected chi connectivity index (χ0v) is 8.45. The predicted molar refractivity (Wildman–Crippen MR) is 52.7 cm³/mol. The van der Waals surface area contributed by atoms with Gasteiger partial charge in [0.1, 0.15) is 0 Å². The Morgan fingerprint density at radius 3 is 2.31 bits per heavy atom. The minimum absolute atomic E-state index is 0.0235. The third kappa shape index (κ3) is 2.22. The Balaban J connectivity index is 1.81. The highest BCUT2D eigenvalue weighted by molar-refractivity contribution is 4.84. The quantitative estimate of drug-likeness (QED) is 0.628. The summed E-state index contributed by atoms with van der Waals surface area (Å²) in [5.74, 6) is 0. The molecule has 0 bridgehead atoms. The van der Waals surface area contributed by atoms with E-state index < -0.39 is 0 Å². The summed E-state index contributed by atoms with van der Waals surface area (Å²) < 4.78 is 0. The summed E-state index contributed by atoms with van der Waals surface area (Å²) >= 11 is 0. The molecular weight excluding hydrogens is 164 g/mol. The van der Waals surface area contributed by atoms with Gasteiger partial charge in [0.2, 0.25) is 0 Å². The Morgan fingerprint density at radius 2 is 1.77 bits per heavy atom. The van der Waals surface area contributed by atoms with Crippen LogP contribution in [0.1, 0.15) is 19.3 Å². The first-order valence-corrected chi connectivity index (χ1v) is 5.36. The van der Waals surface area contributed by atoms with E-state index in [2.05, 4.69) is 16.8 Å². The molecule has 2 atom stereocenters. The smallest absolute Gasteiger partial charge is 0.0555 e. The van der Waals surface area contributed by atoms with E-state index in [0.29, 0.717) is 6.04 Å². The Bertz CT molecular complexity index is 166. The molecule has 2 fully saturated rings. The second kappa shape index (κ2) is 3.95. The molecule has 1 saturated heterocycles. The number of aliphatic hydroxyl groups is 1. The van der Waals surface area contributed by atoms with E-state index in [0.717, 1.165) is 12.8 Å². The maximum absolute atomic E-state index is 9.45. The number of hydrogen-bond donors (Lipinski definition) is 1. The van der Waals surface area contributed by atoms with E-state index in [-0.39, 0.29) is 6.10 Å². The molecule has 3 nitrogen and oxygen atoms in total. The fourth-order valence-corrected chi connectivity index (χ4v) is 2.45. The van der Waals surface area contributed by atoms with E-state index in [4.69, 9.17) is 0 Å². The van der Waals surface area contributed by atoms with Crippen molar-refractivity contribution in [3.05, 3.63) is 0 Å². The number of rotatable bonds is 1. The lowest BCUT2D eigenvalue weighted by Gasteiger charge is -2.36. The van der Waals surface area contributed by atoms with Gasteiger partial charge in [0.05, 0.1) is 6.10 Å². The number of likely N-dealkylation sites (N-methyl/N-ethyl adjacent to an activating group) is 1. The number of piperazine rings is 1. The van der Waals surface area contributed by atoms with Gasteiger partial charge in [-0.15, -0.1) is 0 Å². The van der Waals surface area contributed by atoms with Gasteiger partial charge in [-0.1, -0.05) is 0 Å². The average Bonchev–Trinajstić information content (AvgIpc) is 2.53. The lowest BCUT2D eigenvalue weighted by Crippen LogP contribution is -2.48. The summed E-state index contributed by atoms with van der Waals surface area (Å²) in [5, 5.41) is 9.45. The van der Waals surface area contributed by atoms with E-state index in [9.17, 15) is 5.11 Å². The molecule has 0 radical (unpaired) electrons. The standard InChI is InChI=1S/C10H20N2O/c1-11-4-6-12(7-5-11)9-2-3-10(13)8-9/h9-10,13H,2-8H2,1H3. The van der Waals surface area contributed by atoms with Crippen LogP contribution in [0.25, 0.3) is 0 Å². The zero-order valence-electron chi connectivity index (χ0n) is 8.45. The van der Waals surface area contributed by atoms with E-state index >= 15 is 0 Å². The SMILES string of the molecule is CN1CCN(C2CCC(O)C2)CC1. The highest BCUT2D eigenvalue weighted by atomic mass is 16.3. The van der Waals surface area contributed by atoms with Crippen LogP contribution in [-0.2, 0) is 0 Å². The zero-order chi connectivity index (χ0) is 9.26. The summed E-state index contributed by atoms with van der Waals surface area (Å²) in [7, 11) is 2.18. The van der Waals surface area contributed by atoms with Gasteiger partial charge in [-0.2, -0.15) is 0 Å². The first-order chi connectivity index (χ1) is 6.25. The fourth-order valence-electron chi connectivity index (χ4n) is 2.45. The topological polar surface area (TPSA) is 26.7 Å². The molecule has 76 valence electrons. The van der Waals surface area contributed by atoms with Crippen LogP contribution in [0.5, 0.6) is 0 Å². The van der Waals surface area contributed by atoms with Crippen molar-refractivity contribution >= 4 is 0 Å². The van der Waals surface area contributed by atoms with E-state index in [1.54, 1.807) is 0 Å². The van der Waals surface area contributed by atoms with Crippen molar-refractivity contribution in [3.63, 3.8) is 0 Å². The molecular formula is C10H20N2O. The summed E-state index contributed by atoms with van der Waals surface area (Å²) in [4.78, 5) is 4.93. The van der Waals surface area contributed by atoms with Crippen LogP contribution in [0.2, 0.25) is 0 Å². The van der Waals surface area contributed by atoms with Crippen molar-refractivity contribution in [2.75, 3.05) is 33.2 Å². The Morgan fingerprint density at radius 1 is 1.08 bits per heavy atom. The monoisotopic (exact) mass is 184 g/mol. The number of nitrogens with zero attached hydrogens (tertiary/aromatic N) is 2. The molecule has 1 aliphatic heterocycles. The molecule has 0 aromatic rings. The maximum atomic E-state index is 9.45. The molecule has 0 spiro atoms. The second-order valence-electron chi connectivity index (χ2n) is 4.46. The van der Waals surface area contributed by atoms with Crippen molar-refractivity contribution in [2.45, 2.75) is 31.4 Å². The summed E-state index contributed by atoms with van der Waals surface area (Å²) in [5.41, 5.74) is 0. The number of aliphatic hydroxyl groups excluding tert-OH is 1. The van der Waals surface area contributed by atoms with Crippen LogP contribution >= 0.6 is 0 Å². The van der Waals surface area contributed by atoms with Crippen molar-refractivity contribution in [2.24, 2.45) is 0 Å². The average molecular weight is 184 g/mol. The van der Waals surface area contributed by atoms with Gasteiger partial charge >= 0.3 is 0 Å². The first-order valence-electron chi connectivity index (χ1n) is 5.36. The highest BCUT2D eigenvalue weighted by Gasteiger charge is 2.29. The van der Waals surface area contributed by atoms with Crippen molar-refractivity contribution in [1.29, 1.82) is 0 Å². The third-order valence-electron chi connectivity index (χ3n) is 3.43. The van der Waals surface area contributed by atoms with Gasteiger partial charge in [0, 0.05) is 32.2 Å². The maximum Gasteiger partial charge on any atom is 0.0555 e. The Hall–Kier alpha value is -0.120. The molecule has 1 saturated carbocycles. The molecule has 2 rings (SSSR count). The van der Waals surface area contributed by atoms with Crippen LogP contribution in [0.3, 0.4) is 0 Å². The van der Waals surface area contributed by atoms with Crippen LogP contribution < -0.4 is 0 Å². The lowest BCUT2D eigenvalue weighted by atomic mass is 10.2. The van der Waals surface area contributed by atoms with Crippen LogP contribution in [0.4, 0.5) is 0 Å². The fraction of sp³-hybridized carbons (Fsp3) is 1.00. The lowest BCUT2D eigenvalue weighted by molar-refractivity contribution is 0.102. The molecule has 1 N–H and O–H groups in total. The summed E-state index contributed by atoms with van der Waals surface area (Å²) in [6.45, 7) is 4.75. The van der Waals surface area contributed by atoms with Gasteiger partial charge in [0.15, 0.2) is 0 Å². The van der Waals surface area contributed by atoms with Crippen molar-refractivity contribution < 1.29 is 5.11 Å². The molecule has 0 aromatic carbocycles. The van der Waals surface area contributed by atoms with Crippen LogP contribution in [0, 0.1) is 0 Å². The largest absolute Gasteiger partial charge is 0.393 e. The van der Waals surface area contributed by atoms with Gasteiger partial charge in [-0.25, -0.2) is 0 Å². The highest BCUT2D eigenvalue weighted by Crippen LogP contribution is 2.24. The van der Waals surface area contributed by atoms with Crippen LogP contribution in [0.15, 0.2) is 0 Å². The van der Waals surface area contributed by atoms with Gasteiger partial charge in [-0.05, 0) is 26.3 Å². The normalized spacial score (nSPS) is 38.3. The molecule has 3 heteroatoms. The van der Waals surface area contributed by atoms with E-state index in [1.807, 2.05) is 0 Å². The Kier molecular flexibility index (Phi) is 2.86. The van der Waals surface area contributed by atoms with Gasteiger partial charge < -0.3 is 10.0 Å². The minimum atomic E-state index is -0.0235. The summed E-state index contributed by atoms with van der Waals surface area (Å²) in [6, 6.07) is 0.670. The molecule has 2 unspecified atom stereocenters. The van der Waals surface area contributed by atoms with Gasteiger partial charge in [-0.3, -0.25) is 4.90 Å². The molecule has 0 aromatic heterocycles. The van der Waals surface area contributed by atoms with E-state index in [1.165, 1.54) is 32.6 Å². The molecule has 2 aliphatic rings. The molecule has 1 heterocycles. The predicted octanol–water partition coefficient (Wildman–Crippen LogP) is 0.147. The second-order valence-corrected chi connectivity index (χ2v) is 4.46. The Labute approximate surface area is 80.3 Å². The van der Waals surface area contributed by atoms with Crippen LogP contribution in [-0.4, -0.2) is 60.3 Å². The van der Waals surface area contributed by atoms with Crippen molar-refractivity contribution in [3.8, 4) is 0 Å². The number of hydrogen-bond acceptors (Lipinski definition) is 3. The minimum Gasteiger partial charge on any atom is -0.393 e. The van der Waals surface area contributed by atoms with Gasteiger partial charge in [0.25, 0.3) is 0 Å². The molecule has 13 heavy (non-hydrogen) atoms. The van der Waals surface area contributed by atoms with Crippen molar-refractivity contribution in [1.82, 2.24) is 9.80 Å².